The summed E-state index contributed by atoms with van der Waals surface area (Å²) in [6.45, 7) is -1.38. The molecule has 0 amide bonds. The first-order chi connectivity index (χ1) is 9.23. The Morgan fingerprint density at radius 1 is 1.30 bits per heavy atom. The molecule has 0 aliphatic rings. The predicted molar refractivity (Wildman–Crippen MR) is 65.3 cm³/mol. The lowest BCUT2D eigenvalue weighted by Crippen LogP contribution is -2.19. The second-order valence-corrected chi connectivity index (χ2v) is 4.79. The molecule has 20 heavy (non-hydrogen) atoms. The van der Waals surface area contributed by atoms with Crippen LogP contribution in [-0.2, 0) is 6.54 Å². The molecule has 0 aliphatic carbocycles. The lowest BCUT2D eigenvalue weighted by atomic mass is 10.3. The Morgan fingerprint density at radius 2 is 2.00 bits per heavy atom. The molecule has 10 heteroatoms. The standard InChI is InChI=1S/C10H5BrClF4N3O/c11-8-17-9(19(18-8)4-10(14,15)16)20-7-2-5(12)1-6(13)3-7/h1-3H,4H2. The molecule has 4 nitrogen and oxygen atoms in total. The fourth-order valence-corrected chi connectivity index (χ4v) is 1.90. The maximum absolute atomic E-state index is 13.1. The summed E-state index contributed by atoms with van der Waals surface area (Å²) in [6, 6.07) is 2.80. The van der Waals surface area contributed by atoms with Gasteiger partial charge in [0.25, 0.3) is 0 Å². The number of alkyl halides is 3. The summed E-state index contributed by atoms with van der Waals surface area (Å²) in [6.07, 6.45) is -4.50. The van der Waals surface area contributed by atoms with E-state index in [0.717, 1.165) is 12.1 Å². The van der Waals surface area contributed by atoms with Gasteiger partial charge in [0.2, 0.25) is 4.73 Å². The van der Waals surface area contributed by atoms with E-state index in [0.29, 0.717) is 4.68 Å². The van der Waals surface area contributed by atoms with Gasteiger partial charge in [0, 0.05) is 11.1 Å². The Bertz CT molecular complexity index is 611. The predicted octanol–water partition coefficient (Wildman–Crippen LogP) is 4.19. The summed E-state index contributed by atoms with van der Waals surface area (Å²) in [7, 11) is 0. The SMILES string of the molecule is Fc1cc(Cl)cc(Oc2nc(Br)nn2CC(F)(F)F)c1. The van der Waals surface area contributed by atoms with Gasteiger partial charge in [-0.15, -0.1) is 5.10 Å². The van der Waals surface area contributed by atoms with Crippen molar-refractivity contribution in [2.24, 2.45) is 0 Å². The van der Waals surface area contributed by atoms with E-state index in [4.69, 9.17) is 16.3 Å². The highest BCUT2D eigenvalue weighted by Crippen LogP contribution is 2.27. The molecule has 0 saturated heterocycles. The molecule has 0 aliphatic heterocycles. The highest BCUT2D eigenvalue weighted by Gasteiger charge is 2.31. The van der Waals surface area contributed by atoms with Gasteiger partial charge in [0.05, 0.1) is 0 Å². The van der Waals surface area contributed by atoms with E-state index in [1.54, 1.807) is 0 Å². The third-order valence-corrected chi connectivity index (χ3v) is 2.54. The second-order valence-electron chi connectivity index (χ2n) is 3.64. The molecule has 0 unspecified atom stereocenters. The maximum Gasteiger partial charge on any atom is 0.408 e. The first-order valence-electron chi connectivity index (χ1n) is 5.04. The Balaban J connectivity index is 2.29. The number of ether oxygens (including phenoxy) is 1. The summed E-state index contributed by atoms with van der Waals surface area (Å²) < 4.78 is 55.7. The summed E-state index contributed by atoms with van der Waals surface area (Å²) in [5.41, 5.74) is 0. The summed E-state index contributed by atoms with van der Waals surface area (Å²) >= 11 is 8.46. The van der Waals surface area contributed by atoms with Crippen LogP contribution in [0.25, 0.3) is 0 Å². The average molecular weight is 375 g/mol. The van der Waals surface area contributed by atoms with Crippen molar-refractivity contribution in [3.05, 3.63) is 33.8 Å². The van der Waals surface area contributed by atoms with Crippen LogP contribution >= 0.6 is 27.5 Å². The van der Waals surface area contributed by atoms with Crippen LogP contribution in [0.2, 0.25) is 5.02 Å². The maximum atomic E-state index is 13.1. The van der Waals surface area contributed by atoms with Crippen LogP contribution in [0.4, 0.5) is 17.6 Å². The molecule has 0 spiro atoms. The van der Waals surface area contributed by atoms with E-state index < -0.39 is 24.5 Å². The minimum atomic E-state index is -4.50. The lowest BCUT2D eigenvalue weighted by molar-refractivity contribution is -0.143. The van der Waals surface area contributed by atoms with Gasteiger partial charge in [-0.25, -0.2) is 9.07 Å². The Hall–Kier alpha value is -1.35. The number of benzene rings is 1. The zero-order valence-corrected chi connectivity index (χ0v) is 11.8. The molecular formula is C10H5BrClF4N3O. The molecule has 1 aromatic carbocycles. The largest absolute Gasteiger partial charge is 0.424 e. The molecular weight excluding hydrogens is 369 g/mol. The molecule has 1 aromatic heterocycles. The molecule has 0 saturated carbocycles. The quantitative estimate of drug-likeness (QED) is 0.757. The van der Waals surface area contributed by atoms with Crippen molar-refractivity contribution in [3.63, 3.8) is 0 Å². The Morgan fingerprint density at radius 3 is 2.60 bits per heavy atom. The van der Waals surface area contributed by atoms with Gasteiger partial charge in [-0.3, -0.25) is 0 Å². The molecule has 0 atom stereocenters. The van der Waals surface area contributed by atoms with Crippen LogP contribution in [-0.4, -0.2) is 20.9 Å². The van der Waals surface area contributed by atoms with Crippen molar-refractivity contribution in [2.75, 3.05) is 0 Å². The first-order valence-corrected chi connectivity index (χ1v) is 6.21. The lowest BCUT2D eigenvalue weighted by Gasteiger charge is -2.09. The number of hydrogen-bond acceptors (Lipinski definition) is 3. The highest BCUT2D eigenvalue weighted by atomic mass is 79.9. The van der Waals surface area contributed by atoms with Crippen LogP contribution in [0, 0.1) is 5.82 Å². The number of aromatic nitrogens is 3. The van der Waals surface area contributed by atoms with Crippen LogP contribution in [0.3, 0.4) is 0 Å². The number of hydrogen-bond donors (Lipinski definition) is 0. The van der Waals surface area contributed by atoms with Crippen molar-refractivity contribution in [1.82, 2.24) is 14.8 Å². The van der Waals surface area contributed by atoms with Crippen molar-refractivity contribution < 1.29 is 22.3 Å². The van der Waals surface area contributed by atoms with E-state index in [1.165, 1.54) is 6.07 Å². The van der Waals surface area contributed by atoms with Gasteiger partial charge < -0.3 is 4.74 Å². The minimum Gasteiger partial charge on any atom is -0.424 e. The smallest absolute Gasteiger partial charge is 0.408 e. The van der Waals surface area contributed by atoms with Crippen molar-refractivity contribution >= 4 is 27.5 Å². The molecule has 0 bridgehead atoms. The monoisotopic (exact) mass is 373 g/mol. The average Bonchev–Trinajstić information content (AvgIpc) is 2.54. The van der Waals surface area contributed by atoms with E-state index >= 15 is 0 Å². The Labute approximate surface area is 123 Å². The summed E-state index contributed by atoms with van der Waals surface area (Å²) in [5, 5.41) is 3.53. The fraction of sp³-hybridized carbons (Fsp3) is 0.200. The highest BCUT2D eigenvalue weighted by molar-refractivity contribution is 9.10. The van der Waals surface area contributed by atoms with Crippen LogP contribution in [0.15, 0.2) is 22.9 Å². The first kappa shape index (κ1) is 15.0. The molecule has 1 heterocycles. The molecule has 0 N–H and O–H groups in total. The zero-order chi connectivity index (χ0) is 14.9. The number of nitrogens with zero attached hydrogens (tertiary/aromatic N) is 3. The van der Waals surface area contributed by atoms with E-state index in [2.05, 4.69) is 26.0 Å². The van der Waals surface area contributed by atoms with E-state index in [9.17, 15) is 17.6 Å². The molecule has 0 fully saturated rings. The van der Waals surface area contributed by atoms with Crippen LogP contribution in [0.5, 0.6) is 11.8 Å². The van der Waals surface area contributed by atoms with Crippen molar-refractivity contribution in [2.45, 2.75) is 12.7 Å². The fourth-order valence-electron chi connectivity index (χ4n) is 1.34. The van der Waals surface area contributed by atoms with Crippen LogP contribution in [0.1, 0.15) is 0 Å². The second kappa shape index (κ2) is 5.57. The minimum absolute atomic E-state index is 0.0425. The molecule has 2 rings (SSSR count). The van der Waals surface area contributed by atoms with Gasteiger partial charge in [0.1, 0.15) is 18.1 Å². The zero-order valence-electron chi connectivity index (χ0n) is 9.46. The molecule has 0 radical (unpaired) electrons. The van der Waals surface area contributed by atoms with Gasteiger partial charge in [0.15, 0.2) is 0 Å². The Kier molecular flexibility index (Phi) is 4.19. The summed E-state index contributed by atoms with van der Waals surface area (Å²) in [5.74, 6) is -0.772. The van der Waals surface area contributed by atoms with Crippen molar-refractivity contribution in [1.29, 1.82) is 0 Å². The van der Waals surface area contributed by atoms with Crippen molar-refractivity contribution in [3.8, 4) is 11.8 Å². The van der Waals surface area contributed by atoms with E-state index in [1.807, 2.05) is 0 Å². The third-order valence-electron chi connectivity index (χ3n) is 1.99. The summed E-state index contributed by atoms with van der Waals surface area (Å²) in [4.78, 5) is 3.63. The van der Waals surface area contributed by atoms with E-state index in [-0.39, 0.29) is 15.5 Å². The number of halogens is 6. The van der Waals surface area contributed by atoms with Gasteiger partial charge in [-0.05, 0) is 28.1 Å². The molecule has 2 aromatic rings. The topological polar surface area (TPSA) is 39.9 Å². The molecule has 108 valence electrons. The normalized spacial score (nSPS) is 11.7. The van der Waals surface area contributed by atoms with Gasteiger partial charge in [-0.2, -0.15) is 18.2 Å². The number of rotatable bonds is 3. The van der Waals surface area contributed by atoms with Gasteiger partial charge in [-0.1, -0.05) is 11.6 Å². The van der Waals surface area contributed by atoms with Gasteiger partial charge >= 0.3 is 12.2 Å². The third kappa shape index (κ3) is 4.07. The van der Waals surface area contributed by atoms with Crippen LogP contribution < -0.4 is 4.74 Å².